The minimum atomic E-state index is -0.105. The number of aryl methyl sites for hydroxylation is 1. The summed E-state index contributed by atoms with van der Waals surface area (Å²) in [6.07, 6.45) is 5.66. The van der Waals surface area contributed by atoms with E-state index in [2.05, 4.69) is 11.9 Å². The van der Waals surface area contributed by atoms with E-state index in [9.17, 15) is 4.79 Å². The Balaban J connectivity index is 0.00000127. The number of carbonyl (C=O) groups excluding carboxylic acids is 1. The summed E-state index contributed by atoms with van der Waals surface area (Å²) in [6, 6.07) is 13.4. The van der Waals surface area contributed by atoms with Crippen molar-refractivity contribution in [3.8, 4) is 0 Å². The third kappa shape index (κ3) is 5.26. The molecule has 2 rings (SSSR count). The second kappa shape index (κ2) is 9.42. The molecule has 2 aromatic carbocycles. The molecule has 0 saturated carbocycles. The van der Waals surface area contributed by atoms with Crippen LogP contribution in [0.5, 0.6) is 0 Å². The maximum atomic E-state index is 12.3. The largest absolute Gasteiger partial charge is 0.322 e. The predicted molar refractivity (Wildman–Crippen MR) is 101 cm³/mol. The van der Waals surface area contributed by atoms with E-state index in [1.807, 2.05) is 82.3 Å². The zero-order valence-electron chi connectivity index (χ0n) is 14.4. The fraction of sp³-hybridized carbons (Fsp3) is 0.190. The molecule has 0 unspecified atom stereocenters. The summed E-state index contributed by atoms with van der Waals surface area (Å²) in [5.74, 6) is -0.105. The van der Waals surface area contributed by atoms with Crippen molar-refractivity contribution >= 4 is 23.7 Å². The monoisotopic (exact) mass is 307 g/mol. The summed E-state index contributed by atoms with van der Waals surface area (Å²) >= 11 is 0. The van der Waals surface area contributed by atoms with E-state index in [4.69, 9.17) is 0 Å². The Kier molecular flexibility index (Phi) is 7.55. The quantitative estimate of drug-likeness (QED) is 0.911. The molecule has 1 amide bonds. The van der Waals surface area contributed by atoms with E-state index < -0.39 is 0 Å². The molecule has 0 atom stereocenters. The first-order valence-corrected chi connectivity index (χ1v) is 7.91. The molecule has 0 radical (unpaired) electrons. The number of hydrogen-bond donors (Lipinski definition) is 1. The summed E-state index contributed by atoms with van der Waals surface area (Å²) in [7, 11) is 0. The van der Waals surface area contributed by atoms with E-state index in [0.29, 0.717) is 5.56 Å². The summed E-state index contributed by atoms with van der Waals surface area (Å²) in [6.45, 7) is 11.7. The van der Waals surface area contributed by atoms with E-state index in [-0.39, 0.29) is 5.91 Å². The van der Waals surface area contributed by atoms with Crippen LogP contribution in [-0.2, 0) is 0 Å². The van der Waals surface area contributed by atoms with Gasteiger partial charge in [-0.15, -0.1) is 0 Å². The Bertz CT molecular complexity index is 770. The van der Waals surface area contributed by atoms with Crippen LogP contribution in [0.15, 0.2) is 55.1 Å². The van der Waals surface area contributed by atoms with Gasteiger partial charge in [-0.2, -0.15) is 0 Å². The normalized spacial score (nSPS) is 11.5. The van der Waals surface area contributed by atoms with E-state index >= 15 is 0 Å². The van der Waals surface area contributed by atoms with Crippen molar-refractivity contribution in [3.05, 3.63) is 76.7 Å². The van der Waals surface area contributed by atoms with Crippen molar-refractivity contribution in [1.29, 1.82) is 0 Å². The number of rotatable bonds is 3. The van der Waals surface area contributed by atoms with Crippen LogP contribution in [0.4, 0.5) is 5.69 Å². The molecule has 0 heterocycles. The molecule has 0 saturated heterocycles. The number of benzene rings is 2. The van der Waals surface area contributed by atoms with Crippen molar-refractivity contribution < 1.29 is 4.79 Å². The minimum Gasteiger partial charge on any atom is -0.322 e. The van der Waals surface area contributed by atoms with Crippen LogP contribution in [0.25, 0.3) is 12.2 Å². The topological polar surface area (TPSA) is 29.1 Å². The van der Waals surface area contributed by atoms with Gasteiger partial charge in [0.1, 0.15) is 0 Å². The molecule has 1 N–H and O–H groups in total. The molecule has 0 fully saturated rings. The molecule has 0 bridgehead atoms. The van der Waals surface area contributed by atoms with Gasteiger partial charge in [0.15, 0.2) is 0 Å². The summed E-state index contributed by atoms with van der Waals surface area (Å²) in [5, 5.41) is 4.98. The molecule has 2 heteroatoms. The Morgan fingerprint density at radius 3 is 2.26 bits per heavy atom. The smallest absolute Gasteiger partial charge is 0.255 e. The molecule has 0 spiro atoms. The lowest BCUT2D eigenvalue weighted by Crippen LogP contribution is -2.26. The van der Waals surface area contributed by atoms with Gasteiger partial charge in [-0.05, 0) is 48.6 Å². The lowest BCUT2D eigenvalue weighted by Gasteiger charge is -2.06. The van der Waals surface area contributed by atoms with Crippen LogP contribution in [0, 0.1) is 6.92 Å². The molecular formula is C21H25NO. The van der Waals surface area contributed by atoms with Gasteiger partial charge < -0.3 is 5.32 Å². The van der Waals surface area contributed by atoms with Crippen molar-refractivity contribution in [2.45, 2.75) is 27.7 Å². The second-order valence-electron chi connectivity index (χ2n) is 4.85. The van der Waals surface area contributed by atoms with Crippen LogP contribution < -0.4 is 15.8 Å². The van der Waals surface area contributed by atoms with Gasteiger partial charge in [-0.3, -0.25) is 4.79 Å². The van der Waals surface area contributed by atoms with Crippen LogP contribution in [-0.4, -0.2) is 5.91 Å². The van der Waals surface area contributed by atoms with Gasteiger partial charge >= 0.3 is 0 Å². The molecule has 0 aliphatic carbocycles. The highest BCUT2D eigenvalue weighted by molar-refractivity contribution is 6.04. The second-order valence-corrected chi connectivity index (χ2v) is 4.85. The van der Waals surface area contributed by atoms with Crippen LogP contribution in [0.3, 0.4) is 0 Å². The number of anilines is 1. The minimum absolute atomic E-state index is 0.105. The average molecular weight is 307 g/mol. The van der Waals surface area contributed by atoms with Gasteiger partial charge in [0.25, 0.3) is 5.91 Å². The van der Waals surface area contributed by atoms with E-state index in [1.54, 1.807) is 6.08 Å². The SMILES string of the molecule is C=C/C=c1/ccc(C(=O)Nc2ccc(C)cc2)c/c1=C/C.CC. The van der Waals surface area contributed by atoms with Crippen LogP contribution >= 0.6 is 0 Å². The Labute approximate surface area is 138 Å². The molecule has 2 aromatic rings. The fourth-order valence-electron chi connectivity index (χ4n) is 2.08. The van der Waals surface area contributed by atoms with Gasteiger partial charge in [-0.1, -0.05) is 62.4 Å². The summed E-state index contributed by atoms with van der Waals surface area (Å²) < 4.78 is 0. The maximum absolute atomic E-state index is 12.3. The van der Waals surface area contributed by atoms with Crippen molar-refractivity contribution in [2.75, 3.05) is 5.32 Å². The molecule has 0 aromatic heterocycles. The summed E-state index contributed by atoms with van der Waals surface area (Å²) in [5.41, 5.74) is 2.61. The fourth-order valence-corrected chi connectivity index (χ4v) is 2.08. The molecule has 0 aliphatic rings. The van der Waals surface area contributed by atoms with Crippen molar-refractivity contribution in [3.63, 3.8) is 0 Å². The van der Waals surface area contributed by atoms with Gasteiger partial charge in [-0.25, -0.2) is 0 Å². The predicted octanol–water partition coefficient (Wildman–Crippen LogP) is 4.04. The molecule has 23 heavy (non-hydrogen) atoms. The lowest BCUT2D eigenvalue weighted by atomic mass is 10.1. The molecule has 0 aliphatic heterocycles. The van der Waals surface area contributed by atoms with Gasteiger partial charge in [0.05, 0.1) is 0 Å². The third-order valence-corrected chi connectivity index (χ3v) is 3.27. The van der Waals surface area contributed by atoms with Gasteiger partial charge in [0, 0.05) is 11.3 Å². The highest BCUT2D eigenvalue weighted by atomic mass is 16.1. The maximum Gasteiger partial charge on any atom is 0.255 e. The molecule has 120 valence electrons. The third-order valence-electron chi connectivity index (χ3n) is 3.27. The molecular weight excluding hydrogens is 282 g/mol. The van der Waals surface area contributed by atoms with Crippen LogP contribution in [0.1, 0.15) is 36.7 Å². The van der Waals surface area contributed by atoms with Crippen LogP contribution in [0.2, 0.25) is 0 Å². The van der Waals surface area contributed by atoms with Crippen molar-refractivity contribution in [1.82, 2.24) is 0 Å². The van der Waals surface area contributed by atoms with E-state index in [0.717, 1.165) is 16.1 Å². The van der Waals surface area contributed by atoms with Gasteiger partial charge in [0.2, 0.25) is 0 Å². The number of amides is 1. The first-order chi connectivity index (χ1) is 11.1. The standard InChI is InChI=1S/C19H19NO.C2H6/c1-4-6-16-9-10-17(13-15(16)5-2)19(21)20-18-11-7-14(3)8-12-18;1-2/h4-13H,1H2,2-3H3,(H,20,21);1-2H3/b15-5-,16-6-;. The summed E-state index contributed by atoms with van der Waals surface area (Å²) in [4.78, 5) is 12.3. The Hall–Kier alpha value is -2.61. The first-order valence-electron chi connectivity index (χ1n) is 7.91. The lowest BCUT2D eigenvalue weighted by molar-refractivity contribution is 0.102. The Morgan fingerprint density at radius 1 is 1.04 bits per heavy atom. The average Bonchev–Trinajstić information content (AvgIpc) is 2.59. The zero-order chi connectivity index (χ0) is 17.2. The van der Waals surface area contributed by atoms with Crippen molar-refractivity contribution in [2.24, 2.45) is 0 Å². The highest BCUT2D eigenvalue weighted by Crippen LogP contribution is 2.09. The zero-order valence-corrected chi connectivity index (χ0v) is 14.4. The number of allylic oxidation sites excluding steroid dienone is 1. The first kappa shape index (κ1) is 18.4. The molecule has 2 nitrogen and oxygen atoms in total. The number of nitrogens with one attached hydrogen (secondary N) is 1. The number of carbonyl (C=O) groups is 1. The Morgan fingerprint density at radius 2 is 1.70 bits per heavy atom. The highest BCUT2D eigenvalue weighted by Gasteiger charge is 2.05. The van der Waals surface area contributed by atoms with E-state index in [1.165, 1.54) is 5.56 Å². The number of hydrogen-bond acceptors (Lipinski definition) is 1.